The van der Waals surface area contributed by atoms with Crippen LogP contribution in [0.4, 0.5) is 5.69 Å². The van der Waals surface area contributed by atoms with Crippen molar-refractivity contribution in [1.29, 1.82) is 0 Å². The molecule has 0 bridgehead atoms. The molecular weight excluding hydrogens is 526 g/mol. The van der Waals surface area contributed by atoms with Crippen molar-refractivity contribution in [3.05, 3.63) is 102 Å². The Morgan fingerprint density at radius 3 is 2.58 bits per heavy atom. The lowest BCUT2D eigenvalue weighted by atomic mass is 9.93. The van der Waals surface area contributed by atoms with E-state index in [1.165, 1.54) is 29.8 Å². The normalized spacial score (nSPS) is 13.4. The SMILES string of the molecule is NS(=O)(=O)c1ccc(-n2cc(COc3ccc(C=NNc4c5c(nc6ccccc46)CCCC5)cc3)nn2)cc1. The van der Waals surface area contributed by atoms with E-state index >= 15 is 0 Å². The molecule has 0 unspecified atom stereocenters. The van der Waals surface area contributed by atoms with E-state index in [1.54, 1.807) is 29.2 Å². The van der Waals surface area contributed by atoms with Gasteiger partial charge < -0.3 is 4.74 Å². The number of rotatable bonds is 8. The average molecular weight is 554 g/mol. The maximum absolute atomic E-state index is 11.4. The first kappa shape index (κ1) is 25.7. The van der Waals surface area contributed by atoms with E-state index in [-0.39, 0.29) is 11.5 Å². The number of sulfonamides is 1. The average Bonchev–Trinajstić information content (AvgIpc) is 3.45. The van der Waals surface area contributed by atoms with Gasteiger partial charge in [0.2, 0.25) is 10.0 Å². The van der Waals surface area contributed by atoms with Gasteiger partial charge in [0.05, 0.1) is 34.2 Å². The number of nitrogens with zero attached hydrogens (tertiary/aromatic N) is 5. The summed E-state index contributed by atoms with van der Waals surface area (Å²) in [4.78, 5) is 4.92. The highest BCUT2D eigenvalue weighted by Crippen LogP contribution is 2.33. The topological polar surface area (TPSA) is 137 Å². The van der Waals surface area contributed by atoms with Crippen molar-refractivity contribution in [2.45, 2.75) is 37.2 Å². The van der Waals surface area contributed by atoms with Gasteiger partial charge in [0.1, 0.15) is 18.1 Å². The molecule has 1 aliphatic carbocycles. The van der Waals surface area contributed by atoms with Crippen molar-refractivity contribution in [3.63, 3.8) is 0 Å². The molecule has 3 aromatic carbocycles. The number of anilines is 1. The van der Waals surface area contributed by atoms with E-state index < -0.39 is 10.0 Å². The predicted molar refractivity (Wildman–Crippen MR) is 153 cm³/mol. The molecule has 10 nitrogen and oxygen atoms in total. The quantitative estimate of drug-likeness (QED) is 0.215. The number of aryl methyl sites for hydroxylation is 1. The Hall–Kier alpha value is -4.61. The van der Waals surface area contributed by atoms with Crippen molar-refractivity contribution in [2.75, 3.05) is 5.43 Å². The summed E-state index contributed by atoms with van der Waals surface area (Å²) < 4.78 is 30.3. The number of pyridine rings is 1. The molecule has 5 aromatic rings. The molecule has 0 atom stereocenters. The minimum absolute atomic E-state index is 0.0361. The fourth-order valence-corrected chi connectivity index (χ4v) is 5.27. The molecule has 6 rings (SSSR count). The predicted octanol–water partition coefficient (Wildman–Crippen LogP) is 4.37. The zero-order valence-electron chi connectivity index (χ0n) is 21.6. The van der Waals surface area contributed by atoms with E-state index in [9.17, 15) is 8.42 Å². The standard InChI is InChI=1S/C29H27N7O3S/c30-40(37,38)24-15-11-22(12-16-24)36-18-21(33-35-36)19-39-23-13-9-20(10-14-23)17-31-34-29-25-5-1-3-7-27(25)32-28-8-4-2-6-26(28)29/h1,3,5,7,9-18H,2,4,6,8,19H2,(H,32,34)(H2,30,37,38). The van der Waals surface area contributed by atoms with Crippen LogP contribution in [0.5, 0.6) is 5.75 Å². The van der Waals surface area contributed by atoms with Crippen molar-refractivity contribution >= 4 is 32.8 Å². The molecule has 0 saturated carbocycles. The van der Waals surface area contributed by atoms with E-state index in [0.29, 0.717) is 17.1 Å². The summed E-state index contributed by atoms with van der Waals surface area (Å²) in [7, 11) is -3.75. The van der Waals surface area contributed by atoms with Gasteiger partial charge in [-0.25, -0.2) is 18.2 Å². The zero-order chi connectivity index (χ0) is 27.5. The highest BCUT2D eigenvalue weighted by molar-refractivity contribution is 7.89. The van der Waals surface area contributed by atoms with Gasteiger partial charge in [-0.05, 0) is 91.4 Å². The number of nitrogens with one attached hydrogen (secondary N) is 1. The third-order valence-corrected chi connectivity index (χ3v) is 7.73. The van der Waals surface area contributed by atoms with Crippen LogP contribution in [0.3, 0.4) is 0 Å². The number of hydrazone groups is 1. The van der Waals surface area contributed by atoms with Gasteiger partial charge in [0, 0.05) is 11.1 Å². The number of ether oxygens (including phenoxy) is 1. The monoisotopic (exact) mass is 553 g/mol. The number of fused-ring (bicyclic) bond motifs is 2. The highest BCUT2D eigenvalue weighted by atomic mass is 32.2. The summed E-state index contributed by atoms with van der Waals surface area (Å²) in [6, 6.07) is 21.9. The maximum Gasteiger partial charge on any atom is 0.238 e. The number of benzene rings is 3. The largest absolute Gasteiger partial charge is 0.487 e. The van der Waals surface area contributed by atoms with Crippen LogP contribution in [0.2, 0.25) is 0 Å². The Bertz CT molecular complexity index is 1800. The van der Waals surface area contributed by atoms with Crippen molar-refractivity contribution in [3.8, 4) is 11.4 Å². The smallest absolute Gasteiger partial charge is 0.238 e. The van der Waals surface area contributed by atoms with Crippen LogP contribution in [0.15, 0.2) is 89.0 Å². The van der Waals surface area contributed by atoms with E-state index in [0.717, 1.165) is 41.4 Å². The van der Waals surface area contributed by atoms with Gasteiger partial charge in [0.15, 0.2) is 0 Å². The van der Waals surface area contributed by atoms with E-state index in [2.05, 4.69) is 26.9 Å². The van der Waals surface area contributed by atoms with Gasteiger partial charge in [-0.3, -0.25) is 10.4 Å². The summed E-state index contributed by atoms with van der Waals surface area (Å²) in [5.41, 5.74) is 9.98. The molecule has 11 heteroatoms. The van der Waals surface area contributed by atoms with Crippen LogP contribution in [-0.2, 0) is 29.5 Å². The Balaban J connectivity index is 1.08. The molecule has 2 aromatic heterocycles. The van der Waals surface area contributed by atoms with E-state index in [4.69, 9.17) is 14.9 Å². The first-order chi connectivity index (χ1) is 19.4. The summed E-state index contributed by atoms with van der Waals surface area (Å²) in [6.07, 6.45) is 7.87. The number of primary sulfonamides is 1. The maximum atomic E-state index is 11.4. The summed E-state index contributed by atoms with van der Waals surface area (Å²) >= 11 is 0. The van der Waals surface area contributed by atoms with Crippen molar-refractivity contribution in [2.24, 2.45) is 10.2 Å². The molecular formula is C29H27N7O3S. The molecule has 0 saturated heterocycles. The lowest BCUT2D eigenvalue weighted by molar-refractivity contribution is 0.301. The third-order valence-electron chi connectivity index (χ3n) is 6.80. The summed E-state index contributed by atoms with van der Waals surface area (Å²) in [6.45, 7) is 0.227. The molecule has 202 valence electrons. The molecule has 0 aliphatic heterocycles. The second-order valence-electron chi connectivity index (χ2n) is 9.56. The molecule has 1 aliphatic rings. The molecule has 0 radical (unpaired) electrons. The van der Waals surface area contributed by atoms with Crippen LogP contribution in [0.25, 0.3) is 16.6 Å². The summed E-state index contributed by atoms with van der Waals surface area (Å²) in [5.74, 6) is 0.686. The lowest BCUT2D eigenvalue weighted by Crippen LogP contribution is -2.12. The third kappa shape index (κ3) is 5.56. The van der Waals surface area contributed by atoms with Crippen LogP contribution >= 0.6 is 0 Å². The van der Waals surface area contributed by atoms with Crippen molar-refractivity contribution in [1.82, 2.24) is 20.0 Å². The number of hydrogen-bond acceptors (Lipinski definition) is 8. The zero-order valence-corrected chi connectivity index (χ0v) is 22.4. The van der Waals surface area contributed by atoms with Crippen LogP contribution in [0.1, 0.15) is 35.4 Å². The molecule has 0 fully saturated rings. The van der Waals surface area contributed by atoms with Crippen LogP contribution in [0, 0.1) is 0 Å². The molecule has 0 spiro atoms. The fraction of sp³-hybridized carbons (Fsp3) is 0.172. The number of hydrogen-bond donors (Lipinski definition) is 2. The Labute approximate surface area is 231 Å². The molecule has 3 N–H and O–H groups in total. The van der Waals surface area contributed by atoms with Gasteiger partial charge in [0.25, 0.3) is 0 Å². The minimum atomic E-state index is -3.75. The summed E-state index contributed by atoms with van der Waals surface area (Å²) in [5, 5.41) is 19.0. The fourth-order valence-electron chi connectivity index (χ4n) is 4.76. The number of aromatic nitrogens is 4. The van der Waals surface area contributed by atoms with E-state index in [1.807, 2.05) is 42.5 Å². The van der Waals surface area contributed by atoms with Gasteiger partial charge in [-0.2, -0.15) is 5.10 Å². The Kier molecular flexibility index (Phi) is 6.97. The second kappa shape index (κ2) is 10.9. The molecule has 40 heavy (non-hydrogen) atoms. The lowest BCUT2D eigenvalue weighted by Gasteiger charge is -2.20. The first-order valence-electron chi connectivity index (χ1n) is 12.9. The molecule has 0 amide bonds. The van der Waals surface area contributed by atoms with Crippen molar-refractivity contribution < 1.29 is 13.2 Å². The van der Waals surface area contributed by atoms with Gasteiger partial charge in [-0.15, -0.1) is 5.10 Å². The van der Waals surface area contributed by atoms with Crippen LogP contribution in [-0.4, -0.2) is 34.6 Å². The first-order valence-corrected chi connectivity index (χ1v) is 14.5. The minimum Gasteiger partial charge on any atom is -0.487 e. The number of nitrogens with two attached hydrogens (primary N) is 1. The Morgan fingerprint density at radius 2 is 1.77 bits per heavy atom. The highest BCUT2D eigenvalue weighted by Gasteiger charge is 2.17. The van der Waals surface area contributed by atoms with Crippen LogP contribution < -0.4 is 15.3 Å². The van der Waals surface area contributed by atoms with Gasteiger partial charge >= 0.3 is 0 Å². The second-order valence-corrected chi connectivity index (χ2v) is 11.1. The number of para-hydroxylation sites is 1. The molecule has 2 heterocycles. The van der Waals surface area contributed by atoms with Gasteiger partial charge in [-0.1, -0.05) is 23.4 Å². The Morgan fingerprint density at radius 1 is 1.00 bits per heavy atom.